The third-order valence-electron chi connectivity index (χ3n) is 4.13. The Morgan fingerprint density at radius 1 is 1.09 bits per heavy atom. The summed E-state index contributed by atoms with van der Waals surface area (Å²) in [5, 5.41) is 5.11. The van der Waals surface area contributed by atoms with E-state index in [0.717, 1.165) is 19.6 Å². The van der Waals surface area contributed by atoms with Crippen molar-refractivity contribution in [1.82, 2.24) is 9.47 Å². The van der Waals surface area contributed by atoms with Crippen LogP contribution in [0.1, 0.15) is 23.7 Å². The van der Waals surface area contributed by atoms with E-state index >= 15 is 0 Å². The molecule has 2 N–H and O–H groups in total. The largest absolute Gasteiger partial charge is 0.348 e. The van der Waals surface area contributed by atoms with Gasteiger partial charge in [-0.3, -0.25) is 4.90 Å². The molecule has 118 valence electrons. The highest BCUT2D eigenvalue weighted by Crippen LogP contribution is 2.32. The van der Waals surface area contributed by atoms with Crippen LogP contribution in [0, 0.1) is 0 Å². The number of sulfonamides is 1. The Hall–Kier alpha value is -1.63. The molecular formula is C16H21N3O2S. The molecule has 1 atom stereocenters. The van der Waals surface area contributed by atoms with Crippen LogP contribution in [0.4, 0.5) is 0 Å². The van der Waals surface area contributed by atoms with Crippen LogP contribution in [0.2, 0.25) is 0 Å². The molecule has 0 aliphatic carbocycles. The van der Waals surface area contributed by atoms with Crippen molar-refractivity contribution in [2.45, 2.75) is 19.0 Å². The zero-order valence-corrected chi connectivity index (χ0v) is 13.2. The molecule has 0 spiro atoms. The highest BCUT2D eigenvalue weighted by Gasteiger charge is 2.28. The summed E-state index contributed by atoms with van der Waals surface area (Å²) in [5.41, 5.74) is 2.49. The second-order valence-electron chi connectivity index (χ2n) is 5.70. The van der Waals surface area contributed by atoms with Gasteiger partial charge in [-0.05, 0) is 24.1 Å². The van der Waals surface area contributed by atoms with Crippen LogP contribution < -0.4 is 5.14 Å². The van der Waals surface area contributed by atoms with Gasteiger partial charge in [-0.25, -0.2) is 13.6 Å². The van der Waals surface area contributed by atoms with Gasteiger partial charge in [-0.15, -0.1) is 0 Å². The Kier molecular flexibility index (Phi) is 4.33. The maximum Gasteiger partial charge on any atom is 0.209 e. The first-order valence-electron chi connectivity index (χ1n) is 7.49. The quantitative estimate of drug-likeness (QED) is 0.909. The van der Waals surface area contributed by atoms with Crippen LogP contribution in [0.5, 0.6) is 0 Å². The van der Waals surface area contributed by atoms with Crippen LogP contribution in [0.15, 0.2) is 48.7 Å². The highest BCUT2D eigenvalue weighted by molar-refractivity contribution is 7.89. The van der Waals surface area contributed by atoms with Gasteiger partial charge in [0, 0.05) is 31.5 Å². The van der Waals surface area contributed by atoms with E-state index in [1.165, 1.54) is 11.3 Å². The molecule has 3 rings (SSSR count). The molecule has 2 heterocycles. The van der Waals surface area contributed by atoms with E-state index in [1.807, 2.05) is 18.2 Å². The van der Waals surface area contributed by atoms with Gasteiger partial charge >= 0.3 is 0 Å². The minimum atomic E-state index is -3.39. The molecule has 22 heavy (non-hydrogen) atoms. The van der Waals surface area contributed by atoms with E-state index < -0.39 is 10.0 Å². The molecule has 0 bridgehead atoms. The Morgan fingerprint density at radius 2 is 1.86 bits per heavy atom. The number of rotatable bonds is 5. The molecule has 1 aromatic heterocycles. The maximum absolute atomic E-state index is 11.1. The second kappa shape index (κ2) is 6.24. The standard InChI is InChI=1S/C16H21N3O2S/c17-22(20,21)13-5-10-19-12-11-18-9-4-8-15(18)16(19)14-6-2-1-3-7-14/h1-4,6-9,16H,5,10-13H2,(H2,17,20,21). The first-order valence-corrected chi connectivity index (χ1v) is 9.21. The van der Waals surface area contributed by atoms with Crippen LogP contribution in [0.25, 0.3) is 0 Å². The van der Waals surface area contributed by atoms with E-state index in [4.69, 9.17) is 5.14 Å². The predicted octanol–water partition coefficient (Wildman–Crippen LogP) is 1.57. The van der Waals surface area contributed by atoms with E-state index in [9.17, 15) is 8.42 Å². The molecule has 0 fully saturated rings. The summed E-state index contributed by atoms with van der Waals surface area (Å²) in [4.78, 5) is 2.34. The number of nitrogens with zero attached hydrogens (tertiary/aromatic N) is 2. The number of fused-ring (bicyclic) bond motifs is 1. The van der Waals surface area contributed by atoms with Crippen molar-refractivity contribution < 1.29 is 8.42 Å². The predicted molar refractivity (Wildman–Crippen MR) is 86.9 cm³/mol. The van der Waals surface area contributed by atoms with Gasteiger partial charge in [0.1, 0.15) is 0 Å². The van der Waals surface area contributed by atoms with Crippen molar-refractivity contribution in [2.75, 3.05) is 18.8 Å². The smallest absolute Gasteiger partial charge is 0.209 e. The highest BCUT2D eigenvalue weighted by atomic mass is 32.2. The first kappa shape index (κ1) is 15.3. The Balaban J connectivity index is 1.83. The maximum atomic E-state index is 11.1. The third-order valence-corrected chi connectivity index (χ3v) is 4.99. The van der Waals surface area contributed by atoms with Gasteiger partial charge in [0.2, 0.25) is 10.0 Å². The topological polar surface area (TPSA) is 68.3 Å². The zero-order chi connectivity index (χ0) is 15.6. The summed E-state index contributed by atoms with van der Waals surface area (Å²) >= 11 is 0. The lowest BCUT2D eigenvalue weighted by Gasteiger charge is -2.37. The van der Waals surface area contributed by atoms with Crippen molar-refractivity contribution in [3.05, 3.63) is 59.9 Å². The van der Waals surface area contributed by atoms with Crippen molar-refractivity contribution >= 4 is 10.0 Å². The lowest BCUT2D eigenvalue weighted by molar-refractivity contribution is 0.184. The number of hydrogen-bond donors (Lipinski definition) is 1. The van der Waals surface area contributed by atoms with Gasteiger partial charge in [-0.1, -0.05) is 30.3 Å². The van der Waals surface area contributed by atoms with Gasteiger partial charge in [0.05, 0.1) is 11.8 Å². The van der Waals surface area contributed by atoms with Crippen molar-refractivity contribution in [3.8, 4) is 0 Å². The average molecular weight is 319 g/mol. The summed E-state index contributed by atoms with van der Waals surface area (Å²) in [5.74, 6) is 0.0338. The molecular weight excluding hydrogens is 298 g/mol. The number of benzene rings is 1. The van der Waals surface area contributed by atoms with Crippen molar-refractivity contribution in [1.29, 1.82) is 0 Å². The van der Waals surface area contributed by atoms with Crippen LogP contribution in [0.3, 0.4) is 0 Å². The molecule has 0 saturated carbocycles. The van der Waals surface area contributed by atoms with Crippen molar-refractivity contribution in [3.63, 3.8) is 0 Å². The lowest BCUT2D eigenvalue weighted by atomic mass is 10.00. The molecule has 2 aromatic rings. The summed E-state index contributed by atoms with van der Waals surface area (Å²) < 4.78 is 24.5. The average Bonchev–Trinajstić information content (AvgIpc) is 2.95. The minimum absolute atomic E-state index is 0.0338. The monoisotopic (exact) mass is 319 g/mol. The molecule has 1 unspecified atom stereocenters. The summed E-state index contributed by atoms with van der Waals surface area (Å²) in [6.45, 7) is 2.56. The lowest BCUT2D eigenvalue weighted by Crippen LogP contribution is -2.39. The molecule has 1 aliphatic rings. The van der Waals surface area contributed by atoms with Crippen LogP contribution >= 0.6 is 0 Å². The SMILES string of the molecule is NS(=O)(=O)CCCN1CCn2cccc2C1c1ccccc1. The molecule has 1 aromatic carbocycles. The van der Waals surface area contributed by atoms with Crippen LogP contribution in [-0.2, 0) is 16.6 Å². The second-order valence-corrected chi connectivity index (χ2v) is 7.43. The minimum Gasteiger partial charge on any atom is -0.348 e. The molecule has 5 nitrogen and oxygen atoms in total. The molecule has 0 radical (unpaired) electrons. The van der Waals surface area contributed by atoms with Crippen LogP contribution in [-0.4, -0.2) is 36.7 Å². The van der Waals surface area contributed by atoms with E-state index in [1.54, 1.807) is 0 Å². The van der Waals surface area contributed by atoms with Gasteiger partial charge in [0.25, 0.3) is 0 Å². The Labute approximate surface area is 131 Å². The molecule has 0 saturated heterocycles. The number of aromatic nitrogens is 1. The summed E-state index contributed by atoms with van der Waals surface area (Å²) in [6.07, 6.45) is 2.66. The summed E-state index contributed by atoms with van der Waals surface area (Å²) in [7, 11) is -3.39. The molecule has 0 amide bonds. The van der Waals surface area contributed by atoms with E-state index in [-0.39, 0.29) is 11.8 Å². The van der Waals surface area contributed by atoms with Gasteiger partial charge in [0.15, 0.2) is 0 Å². The summed E-state index contributed by atoms with van der Waals surface area (Å²) in [6, 6.07) is 14.7. The Morgan fingerprint density at radius 3 is 2.59 bits per heavy atom. The number of primary sulfonamides is 1. The van der Waals surface area contributed by atoms with Gasteiger partial charge in [-0.2, -0.15) is 0 Å². The zero-order valence-electron chi connectivity index (χ0n) is 12.4. The van der Waals surface area contributed by atoms with E-state index in [2.05, 4.69) is 39.9 Å². The fraction of sp³-hybridized carbons (Fsp3) is 0.375. The fourth-order valence-electron chi connectivity index (χ4n) is 3.16. The molecule has 1 aliphatic heterocycles. The fourth-order valence-corrected chi connectivity index (χ4v) is 3.69. The Bertz CT molecular complexity index is 725. The number of hydrogen-bond acceptors (Lipinski definition) is 3. The third kappa shape index (κ3) is 3.40. The van der Waals surface area contributed by atoms with Crippen molar-refractivity contribution in [2.24, 2.45) is 5.14 Å². The number of nitrogens with two attached hydrogens (primary N) is 1. The normalized spacial score (nSPS) is 19.0. The van der Waals surface area contributed by atoms with Gasteiger partial charge < -0.3 is 4.57 Å². The first-order chi connectivity index (χ1) is 10.5. The molecule has 6 heteroatoms. The van der Waals surface area contributed by atoms with E-state index in [0.29, 0.717) is 6.42 Å².